The molecule has 17 heavy (non-hydrogen) atoms. The molecule has 0 fully saturated rings. The first-order valence-corrected chi connectivity index (χ1v) is 6.21. The summed E-state index contributed by atoms with van der Waals surface area (Å²) in [6.07, 6.45) is 0.455. The Labute approximate surface area is 103 Å². The van der Waals surface area contributed by atoms with Gasteiger partial charge < -0.3 is 10.4 Å². The van der Waals surface area contributed by atoms with E-state index in [0.29, 0.717) is 18.5 Å². The summed E-state index contributed by atoms with van der Waals surface area (Å²) in [5.74, 6) is 0.267. The summed E-state index contributed by atoms with van der Waals surface area (Å²) in [6, 6.07) is 6.40. The zero-order valence-electron chi connectivity index (χ0n) is 10.8. The molecule has 2 nitrogen and oxygen atoms in total. The second-order valence-corrected chi connectivity index (χ2v) is 4.73. The Morgan fingerprint density at radius 3 is 2.29 bits per heavy atom. The molecule has 1 aromatic carbocycles. The van der Waals surface area contributed by atoms with Crippen LogP contribution in [0.15, 0.2) is 24.3 Å². The first-order chi connectivity index (χ1) is 8.04. The Kier molecular flexibility index (Phi) is 5.59. The molecule has 0 amide bonds. The van der Waals surface area contributed by atoms with Crippen molar-refractivity contribution < 1.29 is 9.50 Å². The standard InChI is InChI=1S/C14H22FNO/c1-4-13(10(2)3)16-9-14(17)11-5-7-12(15)8-6-11/h5-8,10,13-14,16-17H,4,9H2,1-3H3. The fraction of sp³-hybridized carbons (Fsp3) is 0.571. The van der Waals surface area contributed by atoms with Gasteiger partial charge >= 0.3 is 0 Å². The number of rotatable bonds is 6. The van der Waals surface area contributed by atoms with Crippen molar-refractivity contribution in [2.45, 2.75) is 39.3 Å². The maximum atomic E-state index is 12.7. The molecule has 2 unspecified atom stereocenters. The van der Waals surface area contributed by atoms with Gasteiger partial charge in [-0.25, -0.2) is 4.39 Å². The van der Waals surface area contributed by atoms with E-state index in [0.717, 1.165) is 12.0 Å². The minimum absolute atomic E-state index is 0.275. The number of benzene rings is 1. The number of halogens is 1. The SMILES string of the molecule is CCC(NCC(O)c1ccc(F)cc1)C(C)C. The van der Waals surface area contributed by atoms with Gasteiger partial charge in [0.15, 0.2) is 0 Å². The van der Waals surface area contributed by atoms with Crippen molar-refractivity contribution in [3.05, 3.63) is 35.6 Å². The van der Waals surface area contributed by atoms with Gasteiger partial charge in [-0.1, -0.05) is 32.9 Å². The minimum Gasteiger partial charge on any atom is -0.387 e. The third-order valence-electron chi connectivity index (χ3n) is 3.07. The lowest BCUT2D eigenvalue weighted by molar-refractivity contribution is 0.165. The summed E-state index contributed by atoms with van der Waals surface area (Å²) in [6.45, 7) is 6.95. The molecule has 0 aromatic heterocycles. The van der Waals surface area contributed by atoms with Gasteiger partial charge in [0.05, 0.1) is 6.10 Å². The number of aliphatic hydroxyl groups is 1. The molecule has 0 heterocycles. The van der Waals surface area contributed by atoms with Crippen LogP contribution in [0.1, 0.15) is 38.9 Å². The second kappa shape index (κ2) is 6.72. The molecule has 1 aromatic rings. The highest BCUT2D eigenvalue weighted by Crippen LogP contribution is 2.14. The van der Waals surface area contributed by atoms with Crippen LogP contribution in [0.3, 0.4) is 0 Å². The molecule has 3 heteroatoms. The molecule has 0 bridgehead atoms. The molecule has 0 aliphatic carbocycles. The first kappa shape index (κ1) is 14.1. The van der Waals surface area contributed by atoms with Crippen molar-refractivity contribution in [1.82, 2.24) is 5.32 Å². The van der Waals surface area contributed by atoms with Gasteiger partial charge in [-0.2, -0.15) is 0 Å². The lowest BCUT2D eigenvalue weighted by Gasteiger charge is -2.22. The third-order valence-corrected chi connectivity index (χ3v) is 3.07. The molecular weight excluding hydrogens is 217 g/mol. The fourth-order valence-corrected chi connectivity index (χ4v) is 1.92. The van der Waals surface area contributed by atoms with E-state index in [1.165, 1.54) is 12.1 Å². The molecule has 0 aliphatic rings. The van der Waals surface area contributed by atoms with Crippen molar-refractivity contribution >= 4 is 0 Å². The van der Waals surface area contributed by atoms with Gasteiger partial charge in [-0.05, 0) is 30.0 Å². The molecule has 1 rings (SSSR count). The molecule has 2 N–H and O–H groups in total. The second-order valence-electron chi connectivity index (χ2n) is 4.73. The normalized spacial score (nSPS) is 14.9. The molecule has 0 spiro atoms. The fourth-order valence-electron chi connectivity index (χ4n) is 1.92. The van der Waals surface area contributed by atoms with Crippen LogP contribution in [0.5, 0.6) is 0 Å². The van der Waals surface area contributed by atoms with Crippen molar-refractivity contribution in [3.8, 4) is 0 Å². The van der Waals surface area contributed by atoms with E-state index < -0.39 is 6.10 Å². The van der Waals surface area contributed by atoms with Crippen LogP contribution in [-0.4, -0.2) is 17.7 Å². The monoisotopic (exact) mass is 239 g/mol. The number of hydrogen-bond acceptors (Lipinski definition) is 2. The Balaban J connectivity index is 2.49. The quantitative estimate of drug-likeness (QED) is 0.800. The molecule has 0 saturated heterocycles. The lowest BCUT2D eigenvalue weighted by atomic mass is 10.0. The van der Waals surface area contributed by atoms with E-state index in [4.69, 9.17) is 0 Å². The lowest BCUT2D eigenvalue weighted by Crippen LogP contribution is -2.36. The Bertz CT molecular complexity index is 323. The van der Waals surface area contributed by atoms with Gasteiger partial charge in [-0.3, -0.25) is 0 Å². The summed E-state index contributed by atoms with van der Waals surface area (Å²) < 4.78 is 12.7. The molecule has 96 valence electrons. The van der Waals surface area contributed by atoms with Crippen LogP contribution in [0.25, 0.3) is 0 Å². The highest BCUT2D eigenvalue weighted by Gasteiger charge is 2.13. The predicted octanol–water partition coefficient (Wildman–Crippen LogP) is 2.88. The van der Waals surface area contributed by atoms with Crippen molar-refractivity contribution in [1.29, 1.82) is 0 Å². The van der Waals surface area contributed by atoms with Gasteiger partial charge in [-0.15, -0.1) is 0 Å². The van der Waals surface area contributed by atoms with E-state index in [9.17, 15) is 9.50 Å². The van der Waals surface area contributed by atoms with Gasteiger partial charge in [0.1, 0.15) is 5.82 Å². The van der Waals surface area contributed by atoms with Crippen LogP contribution in [0.2, 0.25) is 0 Å². The average Bonchev–Trinajstić information content (AvgIpc) is 2.30. The molecule has 0 saturated carbocycles. The first-order valence-electron chi connectivity index (χ1n) is 6.21. The topological polar surface area (TPSA) is 32.3 Å². The highest BCUT2D eigenvalue weighted by molar-refractivity contribution is 5.18. The Morgan fingerprint density at radius 2 is 1.82 bits per heavy atom. The van der Waals surface area contributed by atoms with Crippen molar-refractivity contribution in [3.63, 3.8) is 0 Å². The third kappa shape index (κ3) is 4.44. The zero-order chi connectivity index (χ0) is 12.8. The van der Waals surface area contributed by atoms with Crippen LogP contribution < -0.4 is 5.32 Å². The maximum Gasteiger partial charge on any atom is 0.123 e. The predicted molar refractivity (Wildman–Crippen MR) is 68.3 cm³/mol. The summed E-state index contributed by atoms with van der Waals surface area (Å²) in [7, 11) is 0. The maximum absolute atomic E-state index is 12.7. The number of nitrogens with one attached hydrogen (secondary N) is 1. The van der Waals surface area contributed by atoms with E-state index in [-0.39, 0.29) is 5.82 Å². The minimum atomic E-state index is -0.580. The zero-order valence-corrected chi connectivity index (χ0v) is 10.8. The molecule has 0 radical (unpaired) electrons. The van der Waals surface area contributed by atoms with Crippen LogP contribution in [0.4, 0.5) is 4.39 Å². The molecule has 2 atom stereocenters. The highest BCUT2D eigenvalue weighted by atomic mass is 19.1. The largest absolute Gasteiger partial charge is 0.387 e. The van der Waals surface area contributed by atoms with E-state index in [2.05, 4.69) is 26.1 Å². The van der Waals surface area contributed by atoms with Crippen molar-refractivity contribution in [2.75, 3.05) is 6.54 Å². The summed E-state index contributed by atoms with van der Waals surface area (Å²) in [5, 5.41) is 13.3. The van der Waals surface area contributed by atoms with E-state index in [1.807, 2.05) is 0 Å². The number of hydrogen-bond donors (Lipinski definition) is 2. The summed E-state index contributed by atoms with van der Waals surface area (Å²) >= 11 is 0. The Hall–Kier alpha value is -0.930. The molecular formula is C14H22FNO. The molecule has 0 aliphatic heterocycles. The van der Waals surface area contributed by atoms with Crippen LogP contribution in [0, 0.1) is 11.7 Å². The number of aliphatic hydroxyl groups excluding tert-OH is 1. The average molecular weight is 239 g/mol. The summed E-state index contributed by atoms with van der Waals surface area (Å²) in [5.41, 5.74) is 0.748. The Morgan fingerprint density at radius 1 is 1.24 bits per heavy atom. The van der Waals surface area contributed by atoms with Crippen LogP contribution in [-0.2, 0) is 0 Å². The van der Waals surface area contributed by atoms with E-state index >= 15 is 0 Å². The van der Waals surface area contributed by atoms with Gasteiger partial charge in [0.2, 0.25) is 0 Å². The summed E-state index contributed by atoms with van der Waals surface area (Å²) in [4.78, 5) is 0. The van der Waals surface area contributed by atoms with Crippen LogP contribution >= 0.6 is 0 Å². The van der Waals surface area contributed by atoms with E-state index in [1.54, 1.807) is 12.1 Å². The van der Waals surface area contributed by atoms with Crippen molar-refractivity contribution in [2.24, 2.45) is 5.92 Å². The van der Waals surface area contributed by atoms with Gasteiger partial charge in [0, 0.05) is 12.6 Å². The van der Waals surface area contributed by atoms with Gasteiger partial charge in [0.25, 0.3) is 0 Å². The smallest absolute Gasteiger partial charge is 0.123 e.